The molecule has 142 valence electrons. The van der Waals surface area contributed by atoms with Gasteiger partial charge < -0.3 is 15.4 Å². The van der Waals surface area contributed by atoms with E-state index >= 15 is 0 Å². The minimum Gasteiger partial charge on any atom is -0.497 e. The van der Waals surface area contributed by atoms with E-state index in [1.54, 1.807) is 37.4 Å². The van der Waals surface area contributed by atoms with Crippen LogP contribution in [-0.2, 0) is 0 Å². The molecule has 2 aromatic carbocycles. The van der Waals surface area contributed by atoms with Gasteiger partial charge in [-0.15, -0.1) is 0 Å². The predicted octanol–water partition coefficient (Wildman–Crippen LogP) is 3.80. The van der Waals surface area contributed by atoms with Crippen molar-refractivity contribution in [3.8, 4) is 5.75 Å². The molecule has 2 aromatic rings. The fourth-order valence-electron chi connectivity index (χ4n) is 3.43. The second-order valence-corrected chi connectivity index (χ2v) is 7.42. The van der Waals surface area contributed by atoms with Gasteiger partial charge >= 0.3 is 0 Å². The van der Waals surface area contributed by atoms with Gasteiger partial charge in [-0.25, -0.2) is 4.39 Å². The van der Waals surface area contributed by atoms with E-state index in [4.69, 9.17) is 10.5 Å². The van der Waals surface area contributed by atoms with Crippen LogP contribution in [0.25, 0.3) is 0 Å². The Labute approximate surface area is 165 Å². The summed E-state index contributed by atoms with van der Waals surface area (Å²) in [4.78, 5) is 26.3. The molecule has 0 aliphatic carbocycles. The van der Waals surface area contributed by atoms with Gasteiger partial charge in [-0.05, 0) is 49.2 Å². The number of methoxy groups -OCH3 is 1. The number of carbonyl (C=O) groups excluding carboxylic acids is 2. The standard InChI is InChI=1S/C20H20BrFN2O3/c1-27-15-4-2-12(3-5-15)19(25)13-6-8-24(9-7-13)17-11-14(21)10-16(22)18(17)20(23)26/h2-5,10-11,13H,6-9H2,1H3,(H2,23,26). The molecule has 0 saturated carbocycles. The molecule has 0 bridgehead atoms. The summed E-state index contributed by atoms with van der Waals surface area (Å²) >= 11 is 3.26. The van der Waals surface area contributed by atoms with E-state index in [0.717, 1.165) is 0 Å². The third-order valence-electron chi connectivity index (χ3n) is 4.86. The van der Waals surface area contributed by atoms with Crippen LogP contribution in [0.5, 0.6) is 5.75 Å². The molecule has 7 heteroatoms. The second kappa shape index (κ2) is 8.08. The zero-order valence-electron chi connectivity index (χ0n) is 14.9. The van der Waals surface area contributed by atoms with Gasteiger partial charge in [0.15, 0.2) is 5.78 Å². The molecule has 2 N–H and O–H groups in total. The summed E-state index contributed by atoms with van der Waals surface area (Å²) in [5, 5.41) is 0. The van der Waals surface area contributed by atoms with Crippen LogP contribution in [0.2, 0.25) is 0 Å². The van der Waals surface area contributed by atoms with Crippen molar-refractivity contribution in [1.82, 2.24) is 0 Å². The smallest absolute Gasteiger partial charge is 0.253 e. The third kappa shape index (κ3) is 4.13. The number of anilines is 1. The first-order chi connectivity index (χ1) is 12.9. The van der Waals surface area contributed by atoms with Gasteiger partial charge in [0.25, 0.3) is 5.91 Å². The van der Waals surface area contributed by atoms with E-state index in [1.165, 1.54) is 6.07 Å². The lowest BCUT2D eigenvalue weighted by Crippen LogP contribution is -2.37. The maximum Gasteiger partial charge on any atom is 0.253 e. The molecule has 0 atom stereocenters. The molecule has 0 radical (unpaired) electrons. The summed E-state index contributed by atoms with van der Waals surface area (Å²) < 4.78 is 19.8. The number of nitrogens with zero attached hydrogens (tertiary/aromatic N) is 1. The number of rotatable bonds is 5. The number of hydrogen-bond donors (Lipinski definition) is 1. The van der Waals surface area contributed by atoms with Gasteiger partial charge in [-0.2, -0.15) is 0 Å². The minimum atomic E-state index is -0.800. The Morgan fingerprint density at radius 1 is 1.19 bits per heavy atom. The molecule has 0 spiro atoms. The monoisotopic (exact) mass is 434 g/mol. The molecule has 1 saturated heterocycles. The lowest BCUT2D eigenvalue weighted by Gasteiger charge is -2.34. The molecule has 5 nitrogen and oxygen atoms in total. The van der Waals surface area contributed by atoms with Crippen molar-refractivity contribution in [3.05, 3.63) is 57.8 Å². The third-order valence-corrected chi connectivity index (χ3v) is 5.32. The molecular weight excluding hydrogens is 415 g/mol. The van der Waals surface area contributed by atoms with E-state index in [0.29, 0.717) is 47.4 Å². The van der Waals surface area contributed by atoms with Crippen molar-refractivity contribution >= 4 is 33.3 Å². The van der Waals surface area contributed by atoms with Crippen LogP contribution in [0.3, 0.4) is 0 Å². The van der Waals surface area contributed by atoms with Gasteiger partial charge in [-0.3, -0.25) is 9.59 Å². The number of benzene rings is 2. The number of ketones is 1. The molecule has 1 fully saturated rings. The molecule has 1 amide bonds. The van der Waals surface area contributed by atoms with Crippen molar-refractivity contribution in [2.75, 3.05) is 25.1 Å². The largest absolute Gasteiger partial charge is 0.497 e. The Morgan fingerprint density at radius 3 is 2.37 bits per heavy atom. The number of piperidine rings is 1. The average Bonchev–Trinajstić information content (AvgIpc) is 2.66. The summed E-state index contributed by atoms with van der Waals surface area (Å²) in [6.07, 6.45) is 1.24. The highest BCUT2D eigenvalue weighted by Crippen LogP contribution is 2.32. The number of amides is 1. The fraction of sp³-hybridized carbons (Fsp3) is 0.300. The Hall–Kier alpha value is -2.41. The van der Waals surface area contributed by atoms with E-state index in [2.05, 4.69) is 15.9 Å². The molecule has 0 aromatic heterocycles. The molecular formula is C20H20BrFN2O3. The van der Waals surface area contributed by atoms with Gasteiger partial charge in [0.05, 0.1) is 18.4 Å². The van der Waals surface area contributed by atoms with Gasteiger partial charge in [0.1, 0.15) is 11.6 Å². The van der Waals surface area contributed by atoms with Crippen LogP contribution in [0.1, 0.15) is 33.6 Å². The topological polar surface area (TPSA) is 72.6 Å². The maximum absolute atomic E-state index is 14.2. The highest BCUT2D eigenvalue weighted by molar-refractivity contribution is 9.10. The van der Waals surface area contributed by atoms with Crippen LogP contribution in [0, 0.1) is 11.7 Å². The lowest BCUT2D eigenvalue weighted by molar-refractivity contribution is 0.0899. The molecule has 0 unspecified atom stereocenters. The van der Waals surface area contributed by atoms with E-state index in [1.807, 2.05) is 4.90 Å². The first kappa shape index (κ1) is 19.4. The molecule has 1 heterocycles. The molecule has 1 aliphatic rings. The highest BCUT2D eigenvalue weighted by Gasteiger charge is 2.28. The summed E-state index contributed by atoms with van der Waals surface area (Å²) in [5.41, 5.74) is 6.37. The van der Waals surface area contributed by atoms with Gasteiger partial charge in [0.2, 0.25) is 0 Å². The summed E-state index contributed by atoms with van der Waals surface area (Å²) in [6.45, 7) is 1.09. The van der Waals surface area contributed by atoms with Crippen LogP contribution in [0.4, 0.5) is 10.1 Å². The zero-order valence-corrected chi connectivity index (χ0v) is 16.5. The normalized spacial score (nSPS) is 14.9. The number of primary amides is 1. The van der Waals surface area contributed by atoms with Crippen LogP contribution >= 0.6 is 15.9 Å². The van der Waals surface area contributed by atoms with Gasteiger partial charge in [0, 0.05) is 29.0 Å². The Balaban J connectivity index is 1.74. The second-order valence-electron chi connectivity index (χ2n) is 6.50. The highest BCUT2D eigenvalue weighted by atomic mass is 79.9. The van der Waals surface area contributed by atoms with E-state index < -0.39 is 11.7 Å². The molecule has 3 rings (SSSR count). The SMILES string of the molecule is COc1ccc(C(=O)C2CCN(c3cc(Br)cc(F)c3C(N)=O)CC2)cc1. The van der Waals surface area contributed by atoms with Crippen molar-refractivity contribution in [3.63, 3.8) is 0 Å². The average molecular weight is 435 g/mol. The first-order valence-corrected chi connectivity index (χ1v) is 9.42. The number of hydrogen-bond acceptors (Lipinski definition) is 4. The van der Waals surface area contributed by atoms with E-state index in [-0.39, 0.29) is 17.3 Å². The summed E-state index contributed by atoms with van der Waals surface area (Å²) in [6, 6.07) is 9.99. The number of ether oxygens (including phenoxy) is 1. The molecule has 1 aliphatic heterocycles. The van der Waals surface area contributed by atoms with Crippen LogP contribution in [-0.4, -0.2) is 31.9 Å². The summed E-state index contributed by atoms with van der Waals surface area (Å²) in [5.74, 6) is -0.761. The van der Waals surface area contributed by atoms with Crippen LogP contribution < -0.4 is 15.4 Å². The first-order valence-electron chi connectivity index (χ1n) is 8.62. The Kier molecular flexibility index (Phi) is 5.79. The quantitative estimate of drug-likeness (QED) is 0.726. The number of nitrogens with two attached hydrogens (primary N) is 1. The number of Topliss-reactive ketones (excluding diaryl/α,β-unsaturated/α-hetero) is 1. The Bertz CT molecular complexity index is 862. The summed E-state index contributed by atoms with van der Waals surface area (Å²) in [7, 11) is 1.58. The van der Waals surface area contributed by atoms with Crippen molar-refractivity contribution in [2.45, 2.75) is 12.8 Å². The van der Waals surface area contributed by atoms with Crippen molar-refractivity contribution in [1.29, 1.82) is 0 Å². The van der Waals surface area contributed by atoms with Gasteiger partial charge in [-0.1, -0.05) is 15.9 Å². The maximum atomic E-state index is 14.2. The van der Waals surface area contributed by atoms with E-state index in [9.17, 15) is 14.0 Å². The van der Waals surface area contributed by atoms with Crippen molar-refractivity contribution < 1.29 is 18.7 Å². The van der Waals surface area contributed by atoms with Crippen molar-refractivity contribution in [2.24, 2.45) is 11.7 Å². The fourth-order valence-corrected chi connectivity index (χ4v) is 3.84. The molecule has 27 heavy (non-hydrogen) atoms. The van der Waals surface area contributed by atoms with Crippen LogP contribution in [0.15, 0.2) is 40.9 Å². The minimum absolute atomic E-state index is 0.0906. The zero-order chi connectivity index (χ0) is 19.6. The Morgan fingerprint density at radius 2 is 1.81 bits per heavy atom. The number of carbonyl (C=O) groups is 2. The number of halogens is 2. The lowest BCUT2D eigenvalue weighted by atomic mass is 9.88. The predicted molar refractivity (Wildman–Crippen MR) is 105 cm³/mol.